The van der Waals surface area contributed by atoms with E-state index >= 15 is 0 Å². The van der Waals surface area contributed by atoms with Crippen LogP contribution in [0.25, 0.3) is 5.57 Å². The van der Waals surface area contributed by atoms with Crippen molar-refractivity contribution in [2.75, 3.05) is 20.3 Å². The van der Waals surface area contributed by atoms with Crippen molar-refractivity contribution >= 4 is 5.57 Å². The molecule has 4 aliphatic rings. The Morgan fingerprint density at radius 1 is 1.08 bits per heavy atom. The minimum absolute atomic E-state index is 0.186. The second kappa shape index (κ2) is 5.46. The number of hydrogen-bond donors (Lipinski definition) is 0. The van der Waals surface area contributed by atoms with E-state index in [1.807, 2.05) is 0 Å². The fraction of sp³-hybridized carbons (Fsp3) is 0.545. The molecule has 0 amide bonds. The van der Waals surface area contributed by atoms with E-state index < -0.39 is 0 Å². The number of hydrogen-bond acceptors (Lipinski definition) is 3. The van der Waals surface area contributed by atoms with Gasteiger partial charge in [-0.1, -0.05) is 30.2 Å². The summed E-state index contributed by atoms with van der Waals surface area (Å²) in [7, 11) is 1.75. The molecule has 3 aliphatic carbocycles. The molecule has 3 heteroatoms. The molecule has 1 atom stereocenters. The van der Waals surface area contributed by atoms with Crippen LogP contribution in [0.15, 0.2) is 35.4 Å². The molecular formula is C22H26O3. The second-order valence-corrected chi connectivity index (χ2v) is 8.03. The van der Waals surface area contributed by atoms with E-state index in [1.165, 1.54) is 16.7 Å². The van der Waals surface area contributed by atoms with Crippen molar-refractivity contribution in [3.8, 4) is 5.75 Å². The molecule has 0 radical (unpaired) electrons. The lowest BCUT2D eigenvalue weighted by Crippen LogP contribution is -2.42. The zero-order chi connectivity index (χ0) is 17.1. The maximum Gasteiger partial charge on any atom is 0.172 e. The van der Waals surface area contributed by atoms with Crippen LogP contribution in [0.3, 0.4) is 0 Å². The quantitative estimate of drug-likeness (QED) is 0.697. The van der Waals surface area contributed by atoms with Crippen LogP contribution in [0.1, 0.15) is 50.2 Å². The van der Waals surface area contributed by atoms with Crippen LogP contribution in [0.2, 0.25) is 0 Å². The fourth-order valence-electron chi connectivity index (χ4n) is 5.40. The highest BCUT2D eigenvalue weighted by atomic mass is 16.7. The van der Waals surface area contributed by atoms with Gasteiger partial charge < -0.3 is 14.2 Å². The van der Waals surface area contributed by atoms with Gasteiger partial charge in [0.1, 0.15) is 5.75 Å². The minimum atomic E-state index is -0.330. The van der Waals surface area contributed by atoms with Crippen LogP contribution in [-0.4, -0.2) is 26.1 Å². The third-order valence-electron chi connectivity index (χ3n) is 6.85. The standard InChI is InChI=1S/C22H26O3/c1-21-9-10-22(24-11-12-25-22)14-16(21)4-6-19-18-7-5-17(23-2)13-15(18)3-8-20(19)21/h4-5,7,13H,3,6,8-12,14H2,1-2H3. The molecule has 25 heavy (non-hydrogen) atoms. The number of aryl methyl sites for hydroxylation is 1. The third-order valence-corrected chi connectivity index (χ3v) is 6.85. The van der Waals surface area contributed by atoms with Gasteiger partial charge in [-0.05, 0) is 54.5 Å². The van der Waals surface area contributed by atoms with Crippen LogP contribution in [-0.2, 0) is 15.9 Å². The lowest BCUT2D eigenvalue weighted by Gasteiger charge is -2.49. The molecule has 0 bridgehead atoms. The molecule has 5 rings (SSSR count). The molecule has 0 N–H and O–H groups in total. The molecule has 2 fully saturated rings. The Balaban J connectivity index is 1.53. The minimum Gasteiger partial charge on any atom is -0.497 e. The average Bonchev–Trinajstić information content (AvgIpc) is 3.10. The second-order valence-electron chi connectivity index (χ2n) is 8.03. The van der Waals surface area contributed by atoms with Gasteiger partial charge >= 0.3 is 0 Å². The Bertz CT molecular complexity index is 782. The van der Waals surface area contributed by atoms with Gasteiger partial charge in [0, 0.05) is 18.3 Å². The summed E-state index contributed by atoms with van der Waals surface area (Å²) >= 11 is 0. The monoisotopic (exact) mass is 338 g/mol. The molecule has 3 nitrogen and oxygen atoms in total. The van der Waals surface area contributed by atoms with Crippen molar-refractivity contribution in [3.63, 3.8) is 0 Å². The zero-order valence-electron chi connectivity index (χ0n) is 15.2. The first kappa shape index (κ1) is 15.7. The number of fused-ring (bicyclic) bond motifs is 4. The fourth-order valence-corrected chi connectivity index (χ4v) is 5.40. The largest absolute Gasteiger partial charge is 0.497 e. The molecule has 1 aromatic rings. The topological polar surface area (TPSA) is 27.7 Å². The number of rotatable bonds is 1. The molecule has 1 aromatic carbocycles. The van der Waals surface area contributed by atoms with Gasteiger partial charge in [0.25, 0.3) is 0 Å². The molecule has 1 spiro atoms. The van der Waals surface area contributed by atoms with Crippen molar-refractivity contribution < 1.29 is 14.2 Å². The molecule has 1 heterocycles. The van der Waals surface area contributed by atoms with Gasteiger partial charge in [-0.25, -0.2) is 0 Å². The Labute approximate surface area is 149 Å². The number of ether oxygens (including phenoxy) is 3. The van der Waals surface area contributed by atoms with Gasteiger partial charge in [0.05, 0.1) is 20.3 Å². The van der Waals surface area contributed by atoms with E-state index in [0.717, 1.165) is 57.5 Å². The normalized spacial score (nSPS) is 29.8. The average molecular weight is 338 g/mol. The van der Waals surface area contributed by atoms with E-state index in [1.54, 1.807) is 18.3 Å². The number of allylic oxidation sites excluding steroid dienone is 3. The predicted octanol–water partition coefficient (Wildman–Crippen LogP) is 4.66. The van der Waals surface area contributed by atoms with E-state index in [0.29, 0.717) is 0 Å². The third kappa shape index (κ3) is 2.25. The Morgan fingerprint density at radius 2 is 1.92 bits per heavy atom. The summed E-state index contributed by atoms with van der Waals surface area (Å²) < 4.78 is 17.4. The van der Waals surface area contributed by atoms with E-state index in [2.05, 4.69) is 31.2 Å². The summed E-state index contributed by atoms with van der Waals surface area (Å²) in [6, 6.07) is 6.58. The summed E-state index contributed by atoms with van der Waals surface area (Å²) in [6.07, 6.45) is 8.86. The van der Waals surface area contributed by atoms with Crippen LogP contribution in [0, 0.1) is 5.41 Å². The Morgan fingerprint density at radius 3 is 2.72 bits per heavy atom. The lowest BCUT2D eigenvalue weighted by molar-refractivity contribution is -0.174. The Hall–Kier alpha value is -1.58. The van der Waals surface area contributed by atoms with E-state index in [9.17, 15) is 0 Å². The summed E-state index contributed by atoms with van der Waals surface area (Å²) in [5, 5.41) is 0. The Kier molecular flexibility index (Phi) is 3.42. The van der Waals surface area contributed by atoms with Gasteiger partial charge in [-0.2, -0.15) is 0 Å². The van der Waals surface area contributed by atoms with Crippen molar-refractivity contribution in [3.05, 3.63) is 46.5 Å². The molecular weight excluding hydrogens is 312 g/mol. The van der Waals surface area contributed by atoms with Crippen LogP contribution in [0.4, 0.5) is 0 Å². The summed E-state index contributed by atoms with van der Waals surface area (Å²) in [5.74, 6) is 0.639. The van der Waals surface area contributed by atoms with Crippen molar-refractivity contribution in [1.82, 2.24) is 0 Å². The van der Waals surface area contributed by atoms with E-state index in [4.69, 9.17) is 14.2 Å². The maximum absolute atomic E-state index is 6.00. The lowest BCUT2D eigenvalue weighted by atomic mass is 9.59. The molecule has 1 saturated carbocycles. The molecule has 1 aliphatic heterocycles. The van der Waals surface area contributed by atoms with Crippen LogP contribution in [0.5, 0.6) is 5.75 Å². The molecule has 132 valence electrons. The van der Waals surface area contributed by atoms with Crippen molar-refractivity contribution in [2.45, 2.75) is 51.2 Å². The van der Waals surface area contributed by atoms with Gasteiger partial charge in [-0.15, -0.1) is 0 Å². The molecule has 1 saturated heterocycles. The van der Waals surface area contributed by atoms with Gasteiger partial charge in [0.2, 0.25) is 0 Å². The molecule has 1 unspecified atom stereocenters. The van der Waals surface area contributed by atoms with Crippen LogP contribution >= 0.6 is 0 Å². The number of benzene rings is 1. The van der Waals surface area contributed by atoms with Gasteiger partial charge in [-0.3, -0.25) is 0 Å². The first-order chi connectivity index (χ1) is 12.1. The summed E-state index contributed by atoms with van der Waals surface area (Å²) in [5.41, 5.74) is 7.82. The number of methoxy groups -OCH3 is 1. The first-order valence-electron chi connectivity index (χ1n) is 9.51. The van der Waals surface area contributed by atoms with Crippen LogP contribution < -0.4 is 4.74 Å². The smallest absolute Gasteiger partial charge is 0.172 e. The molecule has 0 aromatic heterocycles. The highest BCUT2D eigenvalue weighted by Crippen LogP contribution is 2.58. The first-order valence-corrected chi connectivity index (χ1v) is 9.51. The summed E-state index contributed by atoms with van der Waals surface area (Å²) in [4.78, 5) is 0. The van der Waals surface area contributed by atoms with E-state index in [-0.39, 0.29) is 11.2 Å². The predicted molar refractivity (Wildman–Crippen MR) is 97.5 cm³/mol. The van der Waals surface area contributed by atoms with Gasteiger partial charge in [0.15, 0.2) is 5.79 Å². The van der Waals surface area contributed by atoms with Crippen molar-refractivity contribution in [2.24, 2.45) is 5.41 Å². The highest BCUT2D eigenvalue weighted by Gasteiger charge is 2.50. The highest BCUT2D eigenvalue weighted by molar-refractivity contribution is 5.78. The SMILES string of the molecule is COc1ccc2c(c1)CCC1=C2CC=C2CC3(CCC21C)OCCO3. The van der Waals surface area contributed by atoms with Crippen molar-refractivity contribution in [1.29, 1.82) is 0 Å². The summed E-state index contributed by atoms with van der Waals surface area (Å²) in [6.45, 7) is 3.93. The zero-order valence-corrected chi connectivity index (χ0v) is 15.2. The maximum atomic E-state index is 6.00.